The Morgan fingerprint density at radius 2 is 1.49 bits per heavy atom. The molecule has 0 radical (unpaired) electrons. The first kappa shape index (κ1) is 27.3. The van der Waals surface area contributed by atoms with E-state index >= 15 is 0 Å². The fraction of sp³-hybridized carbons (Fsp3) is 0.194. The second-order valence-electron chi connectivity index (χ2n) is 9.50. The fourth-order valence-corrected chi connectivity index (χ4v) is 4.84. The number of para-hydroxylation sites is 1. The fourth-order valence-electron chi connectivity index (χ4n) is 4.84. The van der Waals surface area contributed by atoms with Gasteiger partial charge in [0.25, 0.3) is 11.8 Å². The number of benzene rings is 3. The average molecular weight is 554 g/mol. The molecule has 3 N–H and O–H groups in total. The smallest absolute Gasteiger partial charge is 0.261 e. The van der Waals surface area contributed by atoms with E-state index in [-0.39, 0.29) is 11.8 Å². The number of fused-ring (bicyclic) bond motifs is 1. The summed E-state index contributed by atoms with van der Waals surface area (Å²) < 4.78 is 18.2. The Balaban J connectivity index is 1.58. The molecule has 1 aromatic heterocycles. The molecule has 4 aromatic rings. The number of ether oxygens (including phenoxy) is 3. The van der Waals surface area contributed by atoms with Gasteiger partial charge in [-0.1, -0.05) is 29.8 Å². The Hall–Kier alpha value is -5.25. The molecule has 0 fully saturated rings. The maximum atomic E-state index is 13.9. The first-order chi connectivity index (χ1) is 19.8. The van der Waals surface area contributed by atoms with Crippen molar-refractivity contribution in [3.05, 3.63) is 101 Å². The number of hydrogen-bond donors (Lipinski definition) is 3. The molecule has 10 nitrogen and oxygen atoms in total. The summed E-state index contributed by atoms with van der Waals surface area (Å²) in [6, 6.07) is 19.3. The molecule has 0 saturated heterocycles. The quantitative estimate of drug-likeness (QED) is 0.268. The molecule has 210 valence electrons. The number of rotatable bonds is 8. The summed E-state index contributed by atoms with van der Waals surface area (Å²) in [5.74, 6) is 1.40. The summed E-state index contributed by atoms with van der Waals surface area (Å²) >= 11 is 0. The van der Waals surface area contributed by atoms with Crippen LogP contribution < -0.4 is 30.2 Å². The van der Waals surface area contributed by atoms with Crippen molar-refractivity contribution in [3.8, 4) is 17.2 Å². The molecule has 0 aliphatic carbocycles. The van der Waals surface area contributed by atoms with Crippen molar-refractivity contribution in [2.75, 3.05) is 37.3 Å². The SMILES string of the molecule is COc1ccc(NC(=O)C2=C(C)Nc3c(C(=O)Nc4ccc(C)cc4)cnn3[C@H]2c2cccc(OC)c2OC)cc1. The summed E-state index contributed by atoms with van der Waals surface area (Å²) in [5.41, 5.74) is 4.26. The predicted octanol–water partition coefficient (Wildman–Crippen LogP) is 5.40. The van der Waals surface area contributed by atoms with Crippen LogP contribution in [0.25, 0.3) is 0 Å². The second kappa shape index (κ2) is 11.5. The third-order valence-electron chi connectivity index (χ3n) is 6.90. The van der Waals surface area contributed by atoms with Crippen molar-refractivity contribution >= 4 is 29.0 Å². The molecule has 2 heterocycles. The minimum absolute atomic E-state index is 0.325. The van der Waals surface area contributed by atoms with Gasteiger partial charge in [0.2, 0.25) is 0 Å². The minimum Gasteiger partial charge on any atom is -0.497 e. The van der Waals surface area contributed by atoms with E-state index in [2.05, 4.69) is 21.0 Å². The van der Waals surface area contributed by atoms with E-state index in [9.17, 15) is 9.59 Å². The lowest BCUT2D eigenvalue weighted by Gasteiger charge is -2.31. The largest absolute Gasteiger partial charge is 0.497 e. The maximum absolute atomic E-state index is 13.9. The summed E-state index contributed by atoms with van der Waals surface area (Å²) in [4.78, 5) is 27.2. The lowest BCUT2D eigenvalue weighted by molar-refractivity contribution is -0.113. The first-order valence-electron chi connectivity index (χ1n) is 12.9. The van der Waals surface area contributed by atoms with E-state index in [0.29, 0.717) is 56.8 Å². The van der Waals surface area contributed by atoms with E-state index < -0.39 is 6.04 Å². The number of methoxy groups -OCH3 is 3. The van der Waals surface area contributed by atoms with Crippen molar-refractivity contribution in [1.29, 1.82) is 0 Å². The van der Waals surface area contributed by atoms with E-state index in [1.807, 2.05) is 43.3 Å². The number of hydrogen-bond acceptors (Lipinski definition) is 7. The van der Waals surface area contributed by atoms with Crippen molar-refractivity contribution in [2.24, 2.45) is 0 Å². The van der Waals surface area contributed by atoms with Gasteiger partial charge in [-0.05, 0) is 56.3 Å². The van der Waals surface area contributed by atoms with E-state index in [1.54, 1.807) is 63.3 Å². The van der Waals surface area contributed by atoms with Crippen LogP contribution in [0.3, 0.4) is 0 Å². The molecule has 1 aliphatic rings. The first-order valence-corrected chi connectivity index (χ1v) is 12.9. The number of nitrogens with one attached hydrogen (secondary N) is 3. The normalized spacial score (nSPS) is 14.0. The van der Waals surface area contributed by atoms with E-state index in [0.717, 1.165) is 5.56 Å². The highest BCUT2D eigenvalue weighted by Crippen LogP contribution is 2.44. The summed E-state index contributed by atoms with van der Waals surface area (Å²) in [7, 11) is 4.67. The van der Waals surface area contributed by atoms with Gasteiger partial charge in [0.1, 0.15) is 23.2 Å². The zero-order valence-electron chi connectivity index (χ0n) is 23.4. The van der Waals surface area contributed by atoms with Gasteiger partial charge in [-0.25, -0.2) is 4.68 Å². The molecule has 41 heavy (non-hydrogen) atoms. The van der Waals surface area contributed by atoms with Gasteiger partial charge >= 0.3 is 0 Å². The molecule has 1 atom stereocenters. The molecule has 2 amide bonds. The number of aryl methyl sites for hydroxylation is 1. The molecular weight excluding hydrogens is 522 g/mol. The van der Waals surface area contributed by atoms with Crippen LogP contribution in [0.5, 0.6) is 17.2 Å². The predicted molar refractivity (Wildman–Crippen MR) is 157 cm³/mol. The summed E-state index contributed by atoms with van der Waals surface area (Å²) in [5, 5.41) is 13.7. The molecule has 0 unspecified atom stereocenters. The highest BCUT2D eigenvalue weighted by Gasteiger charge is 2.37. The average Bonchev–Trinajstić information content (AvgIpc) is 3.41. The van der Waals surface area contributed by atoms with E-state index in [1.165, 1.54) is 6.20 Å². The van der Waals surface area contributed by atoms with Crippen LogP contribution in [0.4, 0.5) is 17.2 Å². The Morgan fingerprint density at radius 3 is 2.12 bits per heavy atom. The van der Waals surface area contributed by atoms with Gasteiger partial charge in [-0.2, -0.15) is 5.10 Å². The highest BCUT2D eigenvalue weighted by atomic mass is 16.5. The number of nitrogens with zero attached hydrogens (tertiary/aromatic N) is 2. The topological polar surface area (TPSA) is 116 Å². The van der Waals surface area contributed by atoms with Gasteiger partial charge in [-0.3, -0.25) is 9.59 Å². The molecule has 0 bridgehead atoms. The zero-order chi connectivity index (χ0) is 29.1. The number of carbonyl (C=O) groups excluding carboxylic acids is 2. The van der Waals surface area contributed by atoms with Crippen LogP contribution >= 0.6 is 0 Å². The number of anilines is 3. The Labute approximate surface area is 237 Å². The van der Waals surface area contributed by atoms with E-state index in [4.69, 9.17) is 14.2 Å². The molecule has 1 aliphatic heterocycles. The van der Waals surface area contributed by atoms with Crippen LogP contribution in [0.1, 0.15) is 34.5 Å². The summed E-state index contributed by atoms with van der Waals surface area (Å²) in [6.45, 7) is 3.77. The van der Waals surface area contributed by atoms with Gasteiger partial charge in [-0.15, -0.1) is 0 Å². The lowest BCUT2D eigenvalue weighted by Crippen LogP contribution is -2.32. The van der Waals surface area contributed by atoms with Crippen LogP contribution in [0, 0.1) is 6.92 Å². The van der Waals surface area contributed by atoms with Crippen LogP contribution in [-0.2, 0) is 4.79 Å². The Morgan fingerprint density at radius 1 is 0.829 bits per heavy atom. The van der Waals surface area contributed by atoms with Crippen molar-refractivity contribution in [1.82, 2.24) is 9.78 Å². The molecule has 10 heteroatoms. The third-order valence-corrected chi connectivity index (χ3v) is 6.90. The van der Waals surface area contributed by atoms with Crippen LogP contribution in [0.2, 0.25) is 0 Å². The molecule has 0 spiro atoms. The van der Waals surface area contributed by atoms with Crippen LogP contribution in [-0.4, -0.2) is 42.9 Å². The van der Waals surface area contributed by atoms with Gasteiger partial charge in [0.15, 0.2) is 11.5 Å². The number of carbonyl (C=O) groups is 2. The van der Waals surface area contributed by atoms with Crippen molar-refractivity contribution < 1.29 is 23.8 Å². The van der Waals surface area contributed by atoms with Crippen LogP contribution in [0.15, 0.2) is 84.2 Å². The Bertz CT molecular complexity index is 1620. The molecule has 0 saturated carbocycles. The molecule has 3 aromatic carbocycles. The Kier molecular flexibility index (Phi) is 7.64. The second-order valence-corrected chi connectivity index (χ2v) is 9.50. The standard InChI is InChI=1S/C31H31N5O5/c1-18-9-11-20(12-10-18)34-30(37)24-17-32-36-27(23-7-6-8-25(40-4)28(23)41-5)26(19(2)33-29(24)36)31(38)35-21-13-15-22(39-3)16-14-21/h6-17,27,33H,1-5H3,(H,34,37)(H,35,38)/t27-/m0/s1. The summed E-state index contributed by atoms with van der Waals surface area (Å²) in [6.07, 6.45) is 1.49. The number of amides is 2. The third kappa shape index (κ3) is 5.31. The highest BCUT2D eigenvalue weighted by molar-refractivity contribution is 6.09. The minimum atomic E-state index is -0.740. The molecule has 5 rings (SSSR count). The van der Waals surface area contributed by atoms with Gasteiger partial charge < -0.3 is 30.2 Å². The number of aromatic nitrogens is 2. The monoisotopic (exact) mass is 553 g/mol. The molecular formula is C31H31N5O5. The van der Waals surface area contributed by atoms with Crippen molar-refractivity contribution in [3.63, 3.8) is 0 Å². The lowest BCUT2D eigenvalue weighted by atomic mass is 9.93. The van der Waals surface area contributed by atoms with Gasteiger partial charge in [0.05, 0.1) is 33.1 Å². The van der Waals surface area contributed by atoms with Gasteiger partial charge in [0, 0.05) is 22.6 Å². The number of allylic oxidation sites excluding steroid dienone is 1. The zero-order valence-corrected chi connectivity index (χ0v) is 23.4. The maximum Gasteiger partial charge on any atom is 0.261 e. The van der Waals surface area contributed by atoms with Crippen molar-refractivity contribution in [2.45, 2.75) is 19.9 Å².